The van der Waals surface area contributed by atoms with Crippen molar-refractivity contribution in [1.29, 1.82) is 0 Å². The van der Waals surface area contributed by atoms with Crippen LogP contribution >= 0.6 is 0 Å². The van der Waals surface area contributed by atoms with E-state index in [0.29, 0.717) is 0 Å². The van der Waals surface area contributed by atoms with Crippen molar-refractivity contribution in [3.8, 4) is 0 Å². The van der Waals surface area contributed by atoms with Crippen LogP contribution in [0.1, 0.15) is 0 Å². The molecule has 0 unspecified atom stereocenters. The average Bonchev–Trinajstić information content (AvgIpc) is 2.11. The lowest BCUT2D eigenvalue weighted by molar-refractivity contribution is 0.771. The molecule has 0 amide bonds. The van der Waals surface area contributed by atoms with Crippen LogP contribution in [0.5, 0.6) is 0 Å². The van der Waals surface area contributed by atoms with Gasteiger partial charge in [0.25, 0.3) is 0 Å². The summed E-state index contributed by atoms with van der Waals surface area (Å²) in [7, 11) is 0.644. The van der Waals surface area contributed by atoms with E-state index in [2.05, 4.69) is 29.7 Å². The Hall–Kier alpha value is -0.643. The molecule has 0 aromatic carbocycles. The number of nitrogens with zero attached hydrogens (tertiary/aromatic N) is 3. The molecule has 0 radical (unpaired) electrons. The maximum absolute atomic E-state index is 4.25. The molecule has 1 aromatic rings. The Labute approximate surface area is 62.1 Å². The van der Waals surface area contributed by atoms with Gasteiger partial charge in [-0.1, -0.05) is 19.6 Å². The summed E-state index contributed by atoms with van der Waals surface area (Å²) in [4.78, 5) is 4.20. The summed E-state index contributed by atoms with van der Waals surface area (Å²) < 4.78 is 1.76. The molecule has 0 saturated heterocycles. The van der Waals surface area contributed by atoms with Gasteiger partial charge in [0.05, 0.1) is 0 Å². The molecule has 56 valence electrons. The number of hydrogen-bond donors (Lipinski definition) is 0. The lowest BCUT2D eigenvalue weighted by Gasteiger charge is -2.08. The van der Waals surface area contributed by atoms with Crippen LogP contribution in [-0.2, 0) is 7.05 Å². The minimum absolute atomic E-state index is 1.04. The molecule has 1 heterocycles. The largest absolute Gasteiger partial charge is 0.256 e. The molecule has 0 fully saturated rings. The van der Waals surface area contributed by atoms with Crippen molar-refractivity contribution in [1.82, 2.24) is 14.8 Å². The van der Waals surface area contributed by atoms with Crippen LogP contribution < -0.4 is 5.45 Å². The quantitative estimate of drug-likeness (QED) is 0.548. The van der Waals surface area contributed by atoms with Gasteiger partial charge in [-0.3, -0.25) is 4.68 Å². The molecule has 0 N–H and O–H groups in total. The summed E-state index contributed by atoms with van der Waals surface area (Å²) in [6, 6.07) is 0. The topological polar surface area (TPSA) is 30.7 Å². The van der Waals surface area contributed by atoms with Crippen LogP contribution in [-0.4, -0.2) is 22.8 Å². The van der Waals surface area contributed by atoms with Crippen LogP contribution in [0.4, 0.5) is 0 Å². The molecule has 0 bridgehead atoms. The predicted octanol–water partition coefficient (Wildman–Crippen LogP) is 0.360. The first-order valence-corrected chi connectivity index (χ1v) is 6.86. The van der Waals surface area contributed by atoms with E-state index >= 15 is 0 Å². The van der Waals surface area contributed by atoms with Gasteiger partial charge in [0, 0.05) is 7.05 Å². The van der Waals surface area contributed by atoms with Gasteiger partial charge in [-0.25, -0.2) is 4.98 Å². The van der Waals surface area contributed by atoms with Gasteiger partial charge in [-0.15, -0.1) is 0 Å². The molecule has 1 aromatic heterocycles. The second-order valence-corrected chi connectivity index (χ2v) is 8.44. The van der Waals surface area contributed by atoms with Gasteiger partial charge in [0.2, 0.25) is 0 Å². The predicted molar refractivity (Wildman–Crippen MR) is 44.0 cm³/mol. The van der Waals surface area contributed by atoms with Gasteiger partial charge in [-0.2, -0.15) is 5.10 Å². The molecule has 1 rings (SSSR count). The van der Waals surface area contributed by atoms with Crippen LogP contribution in [0, 0.1) is 0 Å². The molecule has 10 heavy (non-hydrogen) atoms. The van der Waals surface area contributed by atoms with Crippen molar-refractivity contribution in [3.63, 3.8) is 0 Å². The number of aromatic nitrogens is 3. The minimum atomic E-state index is -1.26. The molecule has 0 atom stereocenters. The van der Waals surface area contributed by atoms with Crippen molar-refractivity contribution in [2.45, 2.75) is 19.6 Å². The van der Waals surface area contributed by atoms with Gasteiger partial charge in [0.15, 0.2) is 0 Å². The third-order valence-electron chi connectivity index (χ3n) is 1.27. The molecule has 4 heteroatoms. The number of rotatable bonds is 1. The first-order chi connectivity index (χ1) is 4.50. The zero-order valence-electron chi connectivity index (χ0n) is 6.92. The fraction of sp³-hybridized carbons (Fsp3) is 0.667. The van der Waals surface area contributed by atoms with Crippen LogP contribution in [0.3, 0.4) is 0 Å². The van der Waals surface area contributed by atoms with Crippen LogP contribution in [0.25, 0.3) is 0 Å². The average molecular weight is 155 g/mol. The normalized spacial score (nSPS) is 12.0. The Morgan fingerprint density at radius 3 is 2.20 bits per heavy atom. The maximum Gasteiger partial charge on any atom is 0.128 e. The van der Waals surface area contributed by atoms with E-state index in [1.165, 1.54) is 0 Å². The second kappa shape index (κ2) is 2.19. The Morgan fingerprint density at radius 2 is 2.00 bits per heavy atom. The third kappa shape index (κ3) is 1.44. The summed E-state index contributed by atoms with van der Waals surface area (Å²) >= 11 is 0. The molecule has 0 saturated carbocycles. The van der Waals surface area contributed by atoms with Crippen molar-refractivity contribution in [3.05, 3.63) is 6.33 Å². The van der Waals surface area contributed by atoms with Gasteiger partial charge in [-0.05, 0) is 0 Å². The van der Waals surface area contributed by atoms with Crippen molar-refractivity contribution < 1.29 is 0 Å². The van der Waals surface area contributed by atoms with E-state index in [0.717, 1.165) is 5.45 Å². The second-order valence-electron chi connectivity index (χ2n) is 3.49. The molecule has 0 aliphatic rings. The zero-order valence-corrected chi connectivity index (χ0v) is 7.92. The van der Waals surface area contributed by atoms with E-state index in [9.17, 15) is 0 Å². The third-order valence-corrected chi connectivity index (χ3v) is 2.84. The first-order valence-electron chi connectivity index (χ1n) is 3.36. The fourth-order valence-corrected chi connectivity index (χ4v) is 1.59. The Bertz CT molecular complexity index is 223. The van der Waals surface area contributed by atoms with Crippen molar-refractivity contribution in [2.24, 2.45) is 7.05 Å². The highest BCUT2D eigenvalue weighted by atomic mass is 28.3. The SMILES string of the molecule is Cn1cnc([Si](C)(C)C)n1. The van der Waals surface area contributed by atoms with E-state index in [4.69, 9.17) is 0 Å². The lowest BCUT2D eigenvalue weighted by Crippen LogP contribution is -2.40. The smallest absolute Gasteiger partial charge is 0.128 e. The highest BCUT2D eigenvalue weighted by Gasteiger charge is 2.20. The standard InChI is InChI=1S/C6H13N3Si/c1-9-5-7-6(8-9)10(2,3)4/h5H,1-4H3. The monoisotopic (exact) mass is 155 g/mol. The Morgan fingerprint density at radius 1 is 1.40 bits per heavy atom. The Balaban J connectivity index is 2.96. The summed E-state index contributed by atoms with van der Waals surface area (Å²) in [5.74, 6) is 0. The number of hydrogen-bond acceptors (Lipinski definition) is 2. The first kappa shape index (κ1) is 7.46. The Kier molecular flexibility index (Phi) is 1.64. The van der Waals surface area contributed by atoms with Gasteiger partial charge < -0.3 is 0 Å². The van der Waals surface area contributed by atoms with Crippen LogP contribution in [0.2, 0.25) is 19.6 Å². The van der Waals surface area contributed by atoms with E-state index in [1.54, 1.807) is 11.0 Å². The van der Waals surface area contributed by atoms with Crippen molar-refractivity contribution >= 4 is 13.5 Å². The van der Waals surface area contributed by atoms with E-state index in [-0.39, 0.29) is 0 Å². The molecule has 0 aliphatic carbocycles. The molecular formula is C6H13N3Si. The maximum atomic E-state index is 4.25. The molecule has 0 spiro atoms. The lowest BCUT2D eigenvalue weighted by atomic mass is 11.2. The highest BCUT2D eigenvalue weighted by Crippen LogP contribution is 1.96. The number of aryl methyl sites for hydroxylation is 1. The summed E-state index contributed by atoms with van der Waals surface area (Å²) in [6.45, 7) is 6.72. The molecule has 0 aliphatic heterocycles. The summed E-state index contributed by atoms with van der Waals surface area (Å²) in [5, 5.41) is 4.25. The molecule has 3 nitrogen and oxygen atoms in total. The van der Waals surface area contributed by atoms with Crippen molar-refractivity contribution in [2.75, 3.05) is 0 Å². The summed E-state index contributed by atoms with van der Waals surface area (Å²) in [6.07, 6.45) is 1.76. The van der Waals surface area contributed by atoms with Gasteiger partial charge in [0.1, 0.15) is 19.8 Å². The summed E-state index contributed by atoms with van der Waals surface area (Å²) in [5.41, 5.74) is 1.04. The minimum Gasteiger partial charge on any atom is -0.256 e. The van der Waals surface area contributed by atoms with Crippen LogP contribution in [0.15, 0.2) is 6.33 Å². The fourth-order valence-electron chi connectivity index (χ4n) is 0.683. The van der Waals surface area contributed by atoms with Gasteiger partial charge >= 0.3 is 0 Å². The zero-order chi connectivity index (χ0) is 7.78. The highest BCUT2D eigenvalue weighted by molar-refractivity contribution is 6.87. The van der Waals surface area contributed by atoms with E-state index < -0.39 is 8.07 Å². The molecular weight excluding hydrogens is 142 g/mol. The van der Waals surface area contributed by atoms with E-state index in [1.807, 2.05) is 7.05 Å².